The molecule has 0 amide bonds. The molecule has 2 rings (SSSR count). The molecule has 30 heavy (non-hydrogen) atoms. The molecule has 1 aromatic carbocycles. The van der Waals surface area contributed by atoms with Gasteiger partial charge in [-0.25, -0.2) is 18.1 Å². The maximum atomic E-state index is 12.3. The molecule has 172 valence electrons. The first-order valence-electron chi connectivity index (χ1n) is 10.7. The minimum atomic E-state index is -3.37. The van der Waals surface area contributed by atoms with Crippen LogP contribution < -0.4 is 15.4 Å². The van der Waals surface area contributed by atoms with E-state index >= 15 is 0 Å². The van der Waals surface area contributed by atoms with E-state index in [9.17, 15) is 8.42 Å². The Labute approximate surface area is 199 Å². The molecular formula is C21H38IN5O2S. The Balaban J connectivity index is 0.00000450. The molecule has 0 aliphatic carbocycles. The maximum absolute atomic E-state index is 12.3. The molecule has 7 nitrogen and oxygen atoms in total. The minimum Gasteiger partial charge on any atom is -0.357 e. The number of halogens is 1. The van der Waals surface area contributed by atoms with E-state index in [1.54, 1.807) is 0 Å². The summed E-state index contributed by atoms with van der Waals surface area (Å²) < 4.78 is 27.3. The highest BCUT2D eigenvalue weighted by atomic mass is 127. The molecule has 1 fully saturated rings. The normalized spacial score (nSPS) is 17.8. The van der Waals surface area contributed by atoms with Crippen molar-refractivity contribution < 1.29 is 8.42 Å². The van der Waals surface area contributed by atoms with Gasteiger partial charge < -0.3 is 10.6 Å². The van der Waals surface area contributed by atoms with E-state index in [1.807, 2.05) is 45.0 Å². The Morgan fingerprint density at radius 1 is 1.20 bits per heavy atom. The summed E-state index contributed by atoms with van der Waals surface area (Å²) >= 11 is 0. The van der Waals surface area contributed by atoms with Gasteiger partial charge in [0.05, 0.1) is 12.3 Å². The highest BCUT2D eigenvalue weighted by Crippen LogP contribution is 2.16. The van der Waals surface area contributed by atoms with Gasteiger partial charge in [-0.15, -0.1) is 24.0 Å². The van der Waals surface area contributed by atoms with E-state index in [4.69, 9.17) is 4.99 Å². The molecule has 9 heteroatoms. The topological polar surface area (TPSA) is 85.8 Å². The van der Waals surface area contributed by atoms with Gasteiger partial charge in [0.15, 0.2) is 5.96 Å². The second-order valence-electron chi connectivity index (χ2n) is 7.80. The number of hydrogen-bond donors (Lipinski definition) is 3. The van der Waals surface area contributed by atoms with Gasteiger partial charge in [0.25, 0.3) is 0 Å². The molecule has 0 radical (unpaired) electrons. The second kappa shape index (κ2) is 13.5. The fourth-order valence-corrected chi connectivity index (χ4v) is 5.21. The fourth-order valence-electron chi connectivity index (χ4n) is 3.72. The van der Waals surface area contributed by atoms with Crippen LogP contribution in [-0.4, -0.2) is 57.5 Å². The van der Waals surface area contributed by atoms with E-state index in [0.29, 0.717) is 12.6 Å². The third-order valence-corrected chi connectivity index (χ3v) is 6.56. The van der Waals surface area contributed by atoms with Crippen molar-refractivity contribution in [3.8, 4) is 0 Å². The van der Waals surface area contributed by atoms with Crippen molar-refractivity contribution in [2.24, 2.45) is 4.99 Å². The van der Waals surface area contributed by atoms with Crippen molar-refractivity contribution >= 4 is 40.0 Å². The predicted octanol–water partition coefficient (Wildman–Crippen LogP) is 2.67. The van der Waals surface area contributed by atoms with Crippen molar-refractivity contribution in [3.05, 3.63) is 35.4 Å². The molecule has 1 heterocycles. The Kier molecular flexibility index (Phi) is 12.2. The second-order valence-corrected chi connectivity index (χ2v) is 9.55. The number of benzene rings is 1. The van der Waals surface area contributed by atoms with Crippen LogP contribution in [0.25, 0.3) is 0 Å². The molecule has 1 saturated heterocycles. The van der Waals surface area contributed by atoms with E-state index in [2.05, 4.69) is 27.2 Å². The molecule has 3 N–H and O–H groups in total. The summed E-state index contributed by atoms with van der Waals surface area (Å²) in [5, 5.41) is 6.75. The predicted molar refractivity (Wildman–Crippen MR) is 136 cm³/mol. The van der Waals surface area contributed by atoms with Crippen LogP contribution in [0.2, 0.25) is 0 Å². The molecule has 1 atom stereocenters. The third kappa shape index (κ3) is 9.07. The van der Waals surface area contributed by atoms with Gasteiger partial charge in [0.2, 0.25) is 10.0 Å². The SMILES string of the molecule is CCNC(=NCc1ccccc1CS(=O)(=O)NC(C)C)NCC1CCCN1CC.I. The van der Waals surface area contributed by atoms with Gasteiger partial charge in [-0.2, -0.15) is 0 Å². The van der Waals surface area contributed by atoms with Gasteiger partial charge in [0, 0.05) is 25.2 Å². The Hall–Kier alpha value is -0.910. The number of nitrogens with one attached hydrogen (secondary N) is 3. The summed E-state index contributed by atoms with van der Waals surface area (Å²) in [7, 11) is -3.37. The number of rotatable bonds is 10. The zero-order chi connectivity index (χ0) is 21.3. The van der Waals surface area contributed by atoms with Gasteiger partial charge in [-0.1, -0.05) is 31.2 Å². The molecule has 0 saturated carbocycles. The number of likely N-dealkylation sites (N-methyl/N-ethyl adjacent to an activating group) is 1. The molecule has 1 aromatic rings. The monoisotopic (exact) mass is 551 g/mol. The van der Waals surface area contributed by atoms with Crippen LogP contribution >= 0.6 is 24.0 Å². The van der Waals surface area contributed by atoms with Crippen molar-refractivity contribution in [2.45, 2.75) is 64.9 Å². The Bertz CT molecular complexity index is 770. The highest BCUT2D eigenvalue weighted by Gasteiger charge is 2.22. The highest BCUT2D eigenvalue weighted by molar-refractivity contribution is 14.0. The van der Waals surface area contributed by atoms with Crippen LogP contribution in [0.5, 0.6) is 0 Å². The number of hydrogen-bond acceptors (Lipinski definition) is 4. The van der Waals surface area contributed by atoms with Crippen LogP contribution in [0.4, 0.5) is 0 Å². The van der Waals surface area contributed by atoms with Gasteiger partial charge in [-0.3, -0.25) is 4.90 Å². The zero-order valence-corrected chi connectivity index (χ0v) is 21.8. The first kappa shape index (κ1) is 27.1. The minimum absolute atomic E-state index is 0. The van der Waals surface area contributed by atoms with Crippen molar-refractivity contribution in [1.82, 2.24) is 20.3 Å². The molecular weight excluding hydrogens is 513 g/mol. The largest absolute Gasteiger partial charge is 0.357 e. The summed E-state index contributed by atoms with van der Waals surface area (Å²) in [5.74, 6) is 0.738. The third-order valence-electron chi connectivity index (χ3n) is 5.04. The average molecular weight is 552 g/mol. The Morgan fingerprint density at radius 3 is 2.53 bits per heavy atom. The van der Waals surface area contributed by atoms with Crippen molar-refractivity contribution in [1.29, 1.82) is 0 Å². The van der Waals surface area contributed by atoms with E-state index in [1.165, 1.54) is 19.4 Å². The average Bonchev–Trinajstić information content (AvgIpc) is 3.11. The van der Waals surface area contributed by atoms with E-state index in [0.717, 1.165) is 36.7 Å². The lowest BCUT2D eigenvalue weighted by molar-refractivity contribution is 0.267. The van der Waals surface area contributed by atoms with Crippen LogP contribution in [0.1, 0.15) is 51.7 Å². The van der Waals surface area contributed by atoms with E-state index < -0.39 is 10.0 Å². The van der Waals surface area contributed by atoms with Crippen LogP contribution in [0.3, 0.4) is 0 Å². The lowest BCUT2D eigenvalue weighted by Gasteiger charge is -2.24. The van der Waals surface area contributed by atoms with Crippen LogP contribution in [0.15, 0.2) is 29.3 Å². The van der Waals surface area contributed by atoms with Gasteiger partial charge in [0.1, 0.15) is 0 Å². The molecule has 1 aliphatic rings. The number of nitrogens with zero attached hydrogens (tertiary/aromatic N) is 2. The van der Waals surface area contributed by atoms with Crippen molar-refractivity contribution in [2.75, 3.05) is 26.2 Å². The first-order chi connectivity index (χ1) is 13.8. The number of guanidine groups is 1. The standard InChI is InChI=1S/C21H37N5O2S.HI/c1-5-22-21(24-15-20-12-9-13-26(20)6-2)23-14-18-10-7-8-11-19(18)16-29(27,28)25-17(3)4;/h7-8,10-11,17,20,25H,5-6,9,12-16H2,1-4H3,(H2,22,23,24);1H. The summed E-state index contributed by atoms with van der Waals surface area (Å²) in [6.45, 7) is 12.2. The lowest BCUT2D eigenvalue weighted by atomic mass is 10.1. The van der Waals surface area contributed by atoms with Crippen LogP contribution in [-0.2, 0) is 22.3 Å². The zero-order valence-electron chi connectivity index (χ0n) is 18.6. The Morgan fingerprint density at radius 2 is 1.90 bits per heavy atom. The summed E-state index contributed by atoms with van der Waals surface area (Å²) in [5.41, 5.74) is 1.71. The quantitative estimate of drug-likeness (QED) is 0.237. The lowest BCUT2D eigenvalue weighted by Crippen LogP contribution is -2.44. The fraction of sp³-hybridized carbons (Fsp3) is 0.667. The molecule has 0 bridgehead atoms. The van der Waals surface area contributed by atoms with Gasteiger partial charge in [-0.05, 0) is 57.8 Å². The van der Waals surface area contributed by atoms with Crippen LogP contribution in [0, 0.1) is 0 Å². The molecule has 0 spiro atoms. The number of likely N-dealkylation sites (tertiary alicyclic amines) is 1. The number of sulfonamides is 1. The summed E-state index contributed by atoms with van der Waals surface area (Å²) in [6, 6.07) is 8.04. The molecule has 1 aliphatic heterocycles. The molecule has 0 aromatic heterocycles. The number of aliphatic imine (C=N–C) groups is 1. The van der Waals surface area contributed by atoms with Crippen molar-refractivity contribution in [3.63, 3.8) is 0 Å². The van der Waals surface area contributed by atoms with E-state index in [-0.39, 0.29) is 35.8 Å². The molecule has 1 unspecified atom stereocenters. The first-order valence-corrected chi connectivity index (χ1v) is 12.3. The smallest absolute Gasteiger partial charge is 0.216 e. The van der Waals surface area contributed by atoms with Gasteiger partial charge >= 0.3 is 0 Å². The maximum Gasteiger partial charge on any atom is 0.216 e. The summed E-state index contributed by atoms with van der Waals surface area (Å²) in [6.07, 6.45) is 2.46. The summed E-state index contributed by atoms with van der Waals surface area (Å²) in [4.78, 5) is 7.21.